The van der Waals surface area contributed by atoms with E-state index < -0.39 is 0 Å². The quantitative estimate of drug-likeness (QED) is 0.675. The predicted molar refractivity (Wildman–Crippen MR) is 69.8 cm³/mol. The van der Waals surface area contributed by atoms with Gasteiger partial charge in [-0.25, -0.2) is 0 Å². The molecular weight excluding hydrogens is 268 g/mol. The van der Waals surface area contributed by atoms with Crippen molar-refractivity contribution in [3.63, 3.8) is 0 Å². The Morgan fingerprint density at radius 1 is 1.39 bits per heavy atom. The SMILES string of the molecule is CC1(c2ccccc2)NCCN2C(=O)CSC21.[Cl-]. The van der Waals surface area contributed by atoms with Crippen LogP contribution in [0.25, 0.3) is 0 Å². The van der Waals surface area contributed by atoms with Gasteiger partial charge in [0.15, 0.2) is 0 Å². The number of thioether (sulfide) groups is 1. The molecule has 2 saturated heterocycles. The third kappa shape index (κ3) is 2.02. The van der Waals surface area contributed by atoms with Crippen LogP contribution in [0.4, 0.5) is 0 Å². The van der Waals surface area contributed by atoms with Crippen LogP contribution in [0, 0.1) is 0 Å². The van der Waals surface area contributed by atoms with Crippen molar-refractivity contribution in [2.24, 2.45) is 0 Å². The summed E-state index contributed by atoms with van der Waals surface area (Å²) in [5.74, 6) is 0.901. The van der Waals surface area contributed by atoms with Crippen molar-refractivity contribution in [1.29, 1.82) is 0 Å². The molecule has 1 aromatic carbocycles. The maximum absolute atomic E-state index is 11.8. The molecular formula is C13H16ClN2OS-. The number of hydrogen-bond donors (Lipinski definition) is 1. The fourth-order valence-corrected chi connectivity index (χ4v) is 4.15. The summed E-state index contributed by atoms with van der Waals surface area (Å²) in [4.78, 5) is 13.8. The molecule has 2 aliphatic heterocycles. The minimum Gasteiger partial charge on any atom is -1.00 e. The second kappa shape index (κ2) is 5.11. The highest BCUT2D eigenvalue weighted by molar-refractivity contribution is 8.01. The molecule has 0 aromatic heterocycles. The minimum absolute atomic E-state index is 0. The second-order valence-corrected chi connectivity index (χ2v) is 5.81. The van der Waals surface area contributed by atoms with Gasteiger partial charge in [-0.2, -0.15) is 0 Å². The van der Waals surface area contributed by atoms with E-state index in [1.165, 1.54) is 5.56 Å². The molecule has 2 heterocycles. The minimum atomic E-state index is -0.129. The largest absolute Gasteiger partial charge is 1.00 e. The summed E-state index contributed by atoms with van der Waals surface area (Å²) in [6.07, 6.45) is 0. The third-order valence-electron chi connectivity index (χ3n) is 3.68. The van der Waals surface area contributed by atoms with Crippen molar-refractivity contribution in [2.75, 3.05) is 18.8 Å². The zero-order chi connectivity index (χ0) is 11.9. The van der Waals surface area contributed by atoms with E-state index >= 15 is 0 Å². The lowest BCUT2D eigenvalue weighted by molar-refractivity contribution is -0.130. The van der Waals surface area contributed by atoms with E-state index in [9.17, 15) is 4.79 Å². The lowest BCUT2D eigenvalue weighted by atomic mass is 9.89. The van der Waals surface area contributed by atoms with Crippen LogP contribution in [0.1, 0.15) is 12.5 Å². The van der Waals surface area contributed by atoms with Gasteiger partial charge in [-0.1, -0.05) is 30.3 Å². The lowest BCUT2D eigenvalue weighted by Gasteiger charge is -2.45. The summed E-state index contributed by atoms with van der Waals surface area (Å²) in [6.45, 7) is 3.90. The van der Waals surface area contributed by atoms with Crippen LogP contribution in [0.3, 0.4) is 0 Å². The van der Waals surface area contributed by atoms with Crippen molar-refractivity contribution in [2.45, 2.75) is 17.8 Å². The van der Waals surface area contributed by atoms with Gasteiger partial charge in [0.1, 0.15) is 5.37 Å². The summed E-state index contributed by atoms with van der Waals surface area (Å²) >= 11 is 1.75. The van der Waals surface area contributed by atoms with Gasteiger partial charge in [-0.3, -0.25) is 4.79 Å². The van der Waals surface area contributed by atoms with E-state index in [1.807, 2.05) is 11.0 Å². The Kier molecular flexibility index (Phi) is 3.90. The predicted octanol–water partition coefficient (Wildman–Crippen LogP) is -1.59. The van der Waals surface area contributed by atoms with Gasteiger partial charge in [0.25, 0.3) is 0 Å². The van der Waals surface area contributed by atoms with Crippen LogP contribution in [0.5, 0.6) is 0 Å². The average Bonchev–Trinajstić information content (AvgIpc) is 2.74. The highest BCUT2D eigenvalue weighted by Crippen LogP contribution is 2.40. The Balaban J connectivity index is 0.00000120. The molecule has 2 aliphatic rings. The van der Waals surface area contributed by atoms with Gasteiger partial charge in [0.2, 0.25) is 5.91 Å². The molecule has 18 heavy (non-hydrogen) atoms. The first-order valence-electron chi connectivity index (χ1n) is 5.93. The molecule has 3 rings (SSSR count). The van der Waals surface area contributed by atoms with Gasteiger partial charge < -0.3 is 22.6 Å². The van der Waals surface area contributed by atoms with E-state index in [1.54, 1.807) is 11.8 Å². The molecule has 0 bridgehead atoms. The smallest absolute Gasteiger partial charge is 0.233 e. The number of hydrogen-bond acceptors (Lipinski definition) is 3. The fourth-order valence-electron chi connectivity index (χ4n) is 2.73. The van der Waals surface area contributed by atoms with E-state index in [-0.39, 0.29) is 29.2 Å². The Bertz CT molecular complexity index is 442. The number of halogens is 1. The molecule has 1 amide bonds. The van der Waals surface area contributed by atoms with Crippen molar-refractivity contribution in [1.82, 2.24) is 10.2 Å². The Labute approximate surface area is 118 Å². The lowest BCUT2D eigenvalue weighted by Crippen LogP contribution is -3.00. The Morgan fingerprint density at radius 3 is 2.83 bits per heavy atom. The van der Waals surface area contributed by atoms with Crippen LogP contribution in [-0.2, 0) is 10.3 Å². The molecule has 0 spiro atoms. The summed E-state index contributed by atoms with van der Waals surface area (Å²) in [7, 11) is 0. The monoisotopic (exact) mass is 283 g/mol. The molecule has 1 N–H and O–H groups in total. The number of fused-ring (bicyclic) bond motifs is 1. The summed E-state index contributed by atoms with van der Waals surface area (Å²) < 4.78 is 0. The van der Waals surface area contributed by atoms with Crippen molar-refractivity contribution < 1.29 is 17.2 Å². The molecule has 1 aromatic rings. The van der Waals surface area contributed by atoms with E-state index in [0.29, 0.717) is 5.75 Å². The van der Waals surface area contributed by atoms with Gasteiger partial charge in [-0.15, -0.1) is 11.8 Å². The maximum atomic E-state index is 11.8. The van der Waals surface area contributed by atoms with Gasteiger partial charge in [-0.05, 0) is 12.5 Å². The maximum Gasteiger partial charge on any atom is 0.233 e. The Hall–Kier alpha value is -0.710. The third-order valence-corrected chi connectivity index (χ3v) is 5.14. The highest BCUT2D eigenvalue weighted by Gasteiger charge is 2.47. The number of nitrogens with one attached hydrogen (secondary N) is 1. The fraction of sp³-hybridized carbons (Fsp3) is 0.462. The zero-order valence-corrected chi connectivity index (χ0v) is 11.8. The second-order valence-electron chi connectivity index (χ2n) is 4.75. The average molecular weight is 284 g/mol. The zero-order valence-electron chi connectivity index (χ0n) is 10.2. The van der Waals surface area contributed by atoms with Gasteiger partial charge in [0, 0.05) is 13.1 Å². The molecule has 5 heteroatoms. The first-order chi connectivity index (χ1) is 8.22. The standard InChI is InChI=1S/C13H16N2OS.ClH/c1-13(10-5-3-2-4-6-10)12-15(8-7-14-13)11(16)9-17-12;/h2-6,12,14H,7-9H2,1H3;1H/p-1. The molecule has 0 aliphatic carbocycles. The topological polar surface area (TPSA) is 32.3 Å². The number of piperazine rings is 1. The molecule has 2 fully saturated rings. The van der Waals surface area contributed by atoms with E-state index in [0.717, 1.165) is 13.1 Å². The summed E-state index contributed by atoms with van der Waals surface area (Å²) in [5.41, 5.74) is 1.13. The van der Waals surface area contributed by atoms with Crippen LogP contribution < -0.4 is 17.7 Å². The molecule has 2 unspecified atom stereocenters. The normalized spacial score (nSPS) is 30.8. The molecule has 0 radical (unpaired) electrons. The number of benzene rings is 1. The van der Waals surface area contributed by atoms with Gasteiger partial charge >= 0.3 is 0 Å². The molecule has 0 saturated carbocycles. The van der Waals surface area contributed by atoms with Crippen LogP contribution >= 0.6 is 11.8 Å². The summed E-state index contributed by atoms with van der Waals surface area (Å²) in [6, 6.07) is 10.4. The number of carbonyl (C=O) groups is 1. The van der Waals surface area contributed by atoms with Crippen molar-refractivity contribution in [3.8, 4) is 0 Å². The number of amides is 1. The van der Waals surface area contributed by atoms with Crippen LogP contribution in [0.2, 0.25) is 0 Å². The first kappa shape index (κ1) is 13.7. The highest BCUT2D eigenvalue weighted by atomic mass is 35.5. The van der Waals surface area contributed by atoms with Crippen LogP contribution in [0.15, 0.2) is 30.3 Å². The molecule has 2 atom stereocenters. The van der Waals surface area contributed by atoms with Crippen LogP contribution in [-0.4, -0.2) is 35.0 Å². The molecule has 98 valence electrons. The van der Waals surface area contributed by atoms with Crippen molar-refractivity contribution in [3.05, 3.63) is 35.9 Å². The number of carbonyl (C=O) groups excluding carboxylic acids is 1. The number of nitrogens with zero attached hydrogens (tertiary/aromatic N) is 1. The van der Waals surface area contributed by atoms with E-state index in [4.69, 9.17) is 0 Å². The Morgan fingerprint density at radius 2 is 2.11 bits per heavy atom. The van der Waals surface area contributed by atoms with Gasteiger partial charge in [0.05, 0.1) is 11.3 Å². The van der Waals surface area contributed by atoms with E-state index in [2.05, 4.69) is 36.5 Å². The first-order valence-corrected chi connectivity index (χ1v) is 6.98. The molecule has 3 nitrogen and oxygen atoms in total. The van der Waals surface area contributed by atoms with Crippen molar-refractivity contribution >= 4 is 17.7 Å². The summed E-state index contributed by atoms with van der Waals surface area (Å²) in [5, 5.41) is 3.82. The number of rotatable bonds is 1.